The minimum absolute atomic E-state index is 0.189. The van der Waals surface area contributed by atoms with Crippen LogP contribution in [0.2, 0.25) is 0 Å². The molecule has 1 unspecified atom stereocenters. The van der Waals surface area contributed by atoms with Crippen molar-refractivity contribution in [3.05, 3.63) is 47.5 Å². The van der Waals surface area contributed by atoms with Gasteiger partial charge in [0.15, 0.2) is 0 Å². The van der Waals surface area contributed by atoms with Crippen LogP contribution >= 0.6 is 23.5 Å². The van der Waals surface area contributed by atoms with E-state index in [0.717, 1.165) is 26.2 Å². The van der Waals surface area contributed by atoms with Gasteiger partial charge in [-0.15, -0.1) is 0 Å². The van der Waals surface area contributed by atoms with Gasteiger partial charge in [0.2, 0.25) is 0 Å². The largest absolute Gasteiger partial charge is 0.497 e. The molecule has 2 N–H and O–H groups in total. The minimum atomic E-state index is -4.09. The molecule has 0 aromatic heterocycles. The maximum Gasteiger partial charge on any atom is 0.264 e. The van der Waals surface area contributed by atoms with Crippen LogP contribution in [-0.4, -0.2) is 94.7 Å². The van der Waals surface area contributed by atoms with Crippen molar-refractivity contribution in [2.45, 2.75) is 48.8 Å². The van der Waals surface area contributed by atoms with Gasteiger partial charge in [-0.1, -0.05) is 44.3 Å². The van der Waals surface area contributed by atoms with Crippen LogP contribution in [0.5, 0.6) is 11.5 Å². The smallest absolute Gasteiger partial charge is 0.264 e. The van der Waals surface area contributed by atoms with Gasteiger partial charge in [0, 0.05) is 35.0 Å². The highest BCUT2D eigenvalue weighted by Gasteiger charge is 2.33. The second-order valence-electron chi connectivity index (χ2n) is 10.0. The van der Waals surface area contributed by atoms with Crippen LogP contribution in [0, 0.1) is 0 Å². The van der Waals surface area contributed by atoms with E-state index in [0.29, 0.717) is 24.6 Å². The summed E-state index contributed by atoms with van der Waals surface area (Å²) < 4.78 is 74.5. The molecule has 0 aliphatic carbocycles. The second-order valence-corrected chi connectivity index (χ2v) is 15.4. The van der Waals surface area contributed by atoms with Crippen molar-refractivity contribution in [1.82, 2.24) is 4.90 Å². The van der Waals surface area contributed by atoms with Gasteiger partial charge >= 0.3 is 0 Å². The number of benzene rings is 2. The van der Waals surface area contributed by atoms with Crippen LogP contribution in [0.4, 0.5) is 11.4 Å². The van der Waals surface area contributed by atoms with E-state index in [1.807, 2.05) is 41.3 Å². The lowest BCUT2D eigenvalue weighted by atomic mass is 10.2. The zero-order chi connectivity index (χ0) is 32.5. The van der Waals surface area contributed by atoms with E-state index < -0.39 is 20.2 Å². The molecular weight excluding hydrogens is 647 g/mol. The quantitative estimate of drug-likeness (QED) is 0.249. The maximum absolute atomic E-state index is 11.3. The first-order valence-electron chi connectivity index (χ1n) is 14.4. The molecule has 44 heavy (non-hydrogen) atoms. The van der Waals surface area contributed by atoms with E-state index in [1.165, 1.54) is 19.6 Å². The highest BCUT2D eigenvalue weighted by molar-refractivity contribution is 8.04. The predicted octanol–water partition coefficient (Wildman–Crippen LogP) is 5.30. The van der Waals surface area contributed by atoms with Crippen molar-refractivity contribution in [3.63, 3.8) is 0 Å². The third-order valence-electron chi connectivity index (χ3n) is 7.18. The number of hydrogen-bond acceptors (Lipinski definition) is 11. The average Bonchev–Trinajstić information content (AvgIpc) is 3.49. The topological polar surface area (TPSA) is 137 Å². The van der Waals surface area contributed by atoms with Gasteiger partial charge in [0.1, 0.15) is 16.9 Å². The fraction of sp³-hybridized carbons (Fsp3) is 0.517. The molecule has 0 bridgehead atoms. The van der Waals surface area contributed by atoms with Crippen LogP contribution < -0.4 is 19.3 Å². The van der Waals surface area contributed by atoms with E-state index in [1.54, 1.807) is 37.7 Å². The molecule has 0 amide bonds. The fourth-order valence-corrected chi connectivity index (χ4v) is 8.28. The molecule has 2 heterocycles. The third kappa shape index (κ3) is 10.5. The van der Waals surface area contributed by atoms with Crippen LogP contribution in [-0.2, 0) is 20.2 Å². The summed E-state index contributed by atoms with van der Waals surface area (Å²) in [6, 6.07) is 11.4. The summed E-state index contributed by atoms with van der Waals surface area (Å²) in [5.41, 5.74) is 1.78. The van der Waals surface area contributed by atoms with Crippen molar-refractivity contribution in [2.75, 3.05) is 68.2 Å². The summed E-state index contributed by atoms with van der Waals surface area (Å²) >= 11 is 3.15. The lowest BCUT2D eigenvalue weighted by molar-refractivity contribution is 0.321. The molecule has 0 spiro atoms. The summed E-state index contributed by atoms with van der Waals surface area (Å²) in [7, 11) is -5.02. The molecule has 15 heteroatoms. The Hall–Kier alpha value is -2.14. The van der Waals surface area contributed by atoms with E-state index in [9.17, 15) is 25.9 Å². The van der Waals surface area contributed by atoms with Crippen molar-refractivity contribution in [1.29, 1.82) is 0 Å². The Balaban J connectivity index is 0.000000676. The molecule has 4 rings (SSSR count). The highest BCUT2D eigenvalue weighted by Crippen LogP contribution is 2.51. The molecule has 246 valence electrons. The lowest BCUT2D eigenvalue weighted by Gasteiger charge is -2.27. The lowest BCUT2D eigenvalue weighted by Crippen LogP contribution is -2.31. The Bertz CT molecular complexity index is 1490. The van der Waals surface area contributed by atoms with Crippen LogP contribution in [0.1, 0.15) is 33.6 Å². The summed E-state index contributed by atoms with van der Waals surface area (Å²) in [5, 5.41) is 0.696. The molecule has 1 atom stereocenters. The maximum atomic E-state index is 11.3. The molecule has 2 aliphatic heterocycles. The van der Waals surface area contributed by atoms with Crippen LogP contribution in [0.25, 0.3) is 0 Å². The summed E-state index contributed by atoms with van der Waals surface area (Å²) in [5.74, 6) is 0.640. The molecule has 0 saturated heterocycles. The normalized spacial score (nSPS) is 17.0. The van der Waals surface area contributed by atoms with E-state index in [-0.39, 0.29) is 29.7 Å². The SMILES string of the molecule is CCN(CC)CC.COc1ccc2c(c1)N(CCCS(=O)(=O)O)C(=CC1Sc3ccc(OC)cc3N1CCCS(=O)(=O)O)S2. The number of nitrogens with zero attached hydrogens (tertiary/aromatic N) is 3. The highest BCUT2D eigenvalue weighted by atomic mass is 32.2. The van der Waals surface area contributed by atoms with E-state index in [2.05, 4.69) is 36.6 Å². The molecular formula is C29H43N3O8S4. The summed E-state index contributed by atoms with van der Waals surface area (Å²) in [6.07, 6.45) is 2.52. The average molecular weight is 690 g/mol. The molecule has 11 nitrogen and oxygen atoms in total. The predicted molar refractivity (Wildman–Crippen MR) is 180 cm³/mol. The van der Waals surface area contributed by atoms with Gasteiger partial charge in [-0.3, -0.25) is 9.11 Å². The van der Waals surface area contributed by atoms with Gasteiger partial charge in [-0.2, -0.15) is 16.8 Å². The van der Waals surface area contributed by atoms with Gasteiger partial charge < -0.3 is 24.2 Å². The first-order valence-corrected chi connectivity index (χ1v) is 19.3. The number of fused-ring (bicyclic) bond motifs is 2. The number of hydrogen-bond donors (Lipinski definition) is 2. The number of methoxy groups -OCH3 is 2. The molecule has 0 radical (unpaired) electrons. The molecule has 0 fully saturated rings. The van der Waals surface area contributed by atoms with Gasteiger partial charge in [0.25, 0.3) is 20.2 Å². The number of thioether (sulfide) groups is 2. The monoisotopic (exact) mass is 689 g/mol. The molecule has 2 aromatic rings. The van der Waals surface area contributed by atoms with Crippen molar-refractivity contribution < 1.29 is 35.4 Å². The third-order valence-corrected chi connectivity index (χ3v) is 11.2. The van der Waals surface area contributed by atoms with Gasteiger partial charge in [-0.05, 0) is 62.8 Å². The minimum Gasteiger partial charge on any atom is -0.497 e. The van der Waals surface area contributed by atoms with E-state index >= 15 is 0 Å². The first kappa shape index (κ1) is 36.3. The van der Waals surface area contributed by atoms with Gasteiger partial charge in [0.05, 0.1) is 42.1 Å². The Morgan fingerprint density at radius 3 is 1.84 bits per heavy atom. The zero-order valence-corrected chi connectivity index (χ0v) is 29.1. The Kier molecular flexibility index (Phi) is 13.6. The number of rotatable bonds is 14. The van der Waals surface area contributed by atoms with Crippen molar-refractivity contribution in [2.24, 2.45) is 0 Å². The Morgan fingerprint density at radius 2 is 1.34 bits per heavy atom. The standard InChI is InChI=1S/C23H28N2O8S4.C6H15N/c1-32-16-5-7-20-18(13-16)24(9-3-11-36(26,27)28)22(34-20)15-23-25(10-4-12-37(29,30)31)19-14-17(33-2)6-8-21(19)35-23;1-4-7(5-2)6-3/h5-8,13-15,22H,3-4,9-12H2,1-2H3,(H,26,27,28)(H,29,30,31);4-6H2,1-3H3. The number of anilines is 2. The zero-order valence-electron chi connectivity index (χ0n) is 25.8. The van der Waals surface area contributed by atoms with Crippen molar-refractivity contribution in [3.8, 4) is 11.5 Å². The molecule has 2 aromatic carbocycles. The fourth-order valence-electron chi connectivity index (χ4n) is 4.83. The van der Waals surface area contributed by atoms with Crippen LogP contribution in [0.15, 0.2) is 57.3 Å². The Morgan fingerprint density at radius 1 is 0.818 bits per heavy atom. The second kappa shape index (κ2) is 16.4. The number of ether oxygens (including phenoxy) is 2. The Labute approximate surface area is 270 Å². The summed E-state index contributed by atoms with van der Waals surface area (Å²) in [6.45, 7) is 10.9. The van der Waals surface area contributed by atoms with Gasteiger partial charge in [-0.25, -0.2) is 0 Å². The molecule has 2 aliphatic rings. The molecule has 0 saturated carbocycles. The van der Waals surface area contributed by atoms with Crippen LogP contribution in [0.3, 0.4) is 0 Å². The first-order chi connectivity index (χ1) is 20.8. The van der Waals surface area contributed by atoms with Crippen molar-refractivity contribution >= 4 is 55.1 Å². The van der Waals surface area contributed by atoms with E-state index in [4.69, 9.17) is 9.47 Å². The summed E-state index contributed by atoms with van der Waals surface area (Å²) in [4.78, 5) is 8.45.